The standard InChI is InChI=1S/C23H18FN3O2S2/c24-16-7-6-15-9-17(26-18(15)10-16)11-23(22(28)29)13-31-20(27-23)12-30-19-5-1-3-14-4-2-8-25-21(14)19/h1-10,26H,11-13H2,(H,28,29). The topological polar surface area (TPSA) is 78.3 Å². The average molecular weight is 452 g/mol. The van der Waals surface area contributed by atoms with Crippen molar-refractivity contribution in [1.29, 1.82) is 0 Å². The van der Waals surface area contributed by atoms with E-state index in [2.05, 4.69) is 15.0 Å². The van der Waals surface area contributed by atoms with Crippen LogP contribution < -0.4 is 0 Å². The van der Waals surface area contributed by atoms with Crippen LogP contribution in [-0.4, -0.2) is 43.1 Å². The summed E-state index contributed by atoms with van der Waals surface area (Å²) in [5.74, 6) is -0.314. The zero-order valence-corrected chi connectivity index (χ0v) is 18.0. The van der Waals surface area contributed by atoms with Crippen molar-refractivity contribution in [2.24, 2.45) is 4.99 Å². The zero-order valence-electron chi connectivity index (χ0n) is 16.3. The van der Waals surface area contributed by atoms with Crippen LogP contribution in [-0.2, 0) is 11.2 Å². The maximum absolute atomic E-state index is 13.5. The number of H-pyrrole nitrogens is 1. The third kappa shape index (κ3) is 3.93. The average Bonchev–Trinajstić information content (AvgIpc) is 3.36. The van der Waals surface area contributed by atoms with Crippen LogP contribution in [0.1, 0.15) is 5.69 Å². The summed E-state index contributed by atoms with van der Waals surface area (Å²) in [6.45, 7) is 0. The lowest BCUT2D eigenvalue weighted by Gasteiger charge is -2.19. The maximum Gasteiger partial charge on any atom is 0.332 e. The van der Waals surface area contributed by atoms with Gasteiger partial charge in [0.25, 0.3) is 0 Å². The third-order valence-corrected chi connectivity index (χ3v) is 7.72. The Balaban J connectivity index is 1.37. The van der Waals surface area contributed by atoms with Crippen LogP contribution >= 0.6 is 23.5 Å². The van der Waals surface area contributed by atoms with Gasteiger partial charge in [0, 0.05) is 45.6 Å². The van der Waals surface area contributed by atoms with E-state index < -0.39 is 11.5 Å². The van der Waals surface area contributed by atoms with Gasteiger partial charge < -0.3 is 10.1 Å². The molecule has 1 unspecified atom stereocenters. The number of hydrogen-bond acceptors (Lipinski definition) is 5. The lowest BCUT2D eigenvalue weighted by Crippen LogP contribution is -2.39. The van der Waals surface area contributed by atoms with Crippen molar-refractivity contribution in [3.05, 3.63) is 72.3 Å². The highest BCUT2D eigenvalue weighted by molar-refractivity contribution is 8.16. The number of thioether (sulfide) groups is 2. The van der Waals surface area contributed by atoms with E-state index in [1.54, 1.807) is 24.0 Å². The molecule has 3 heterocycles. The van der Waals surface area contributed by atoms with Crippen LogP contribution in [0.4, 0.5) is 4.39 Å². The number of aliphatic carboxylic acids is 1. The quantitative estimate of drug-likeness (QED) is 0.396. The SMILES string of the molecule is O=C(O)C1(Cc2cc3ccc(F)cc3[nH]2)CSC(CSc2cccc3cccnc23)=N1. The highest BCUT2D eigenvalue weighted by Crippen LogP contribution is 2.35. The first-order valence-corrected chi connectivity index (χ1v) is 11.7. The first kappa shape index (κ1) is 20.1. The second kappa shape index (κ2) is 8.01. The lowest BCUT2D eigenvalue weighted by atomic mass is 9.96. The zero-order chi connectivity index (χ0) is 21.4. The van der Waals surface area contributed by atoms with Gasteiger partial charge in [-0.3, -0.25) is 9.98 Å². The molecule has 0 saturated carbocycles. The fourth-order valence-corrected chi connectivity index (χ4v) is 6.03. The van der Waals surface area contributed by atoms with E-state index in [1.165, 1.54) is 23.9 Å². The molecule has 1 atom stereocenters. The van der Waals surface area contributed by atoms with Crippen LogP contribution in [0.3, 0.4) is 0 Å². The molecule has 2 aromatic carbocycles. The number of aromatic nitrogens is 2. The number of hydrogen-bond donors (Lipinski definition) is 2. The minimum Gasteiger partial charge on any atom is -0.479 e. The fourth-order valence-electron chi connectivity index (χ4n) is 3.76. The Morgan fingerprint density at radius 1 is 1.19 bits per heavy atom. The number of benzene rings is 2. The molecule has 0 radical (unpaired) electrons. The number of aliphatic imine (C=N–C) groups is 1. The second-order valence-corrected chi connectivity index (χ2v) is 9.52. The molecule has 0 fully saturated rings. The van der Waals surface area contributed by atoms with E-state index >= 15 is 0 Å². The smallest absolute Gasteiger partial charge is 0.332 e. The number of halogens is 1. The van der Waals surface area contributed by atoms with E-state index in [4.69, 9.17) is 0 Å². The number of rotatable bonds is 6. The van der Waals surface area contributed by atoms with Gasteiger partial charge in [0.1, 0.15) is 5.82 Å². The van der Waals surface area contributed by atoms with Gasteiger partial charge in [-0.25, -0.2) is 9.18 Å². The molecule has 1 aliphatic rings. The second-order valence-electron chi connectivity index (χ2n) is 7.45. The Kier molecular flexibility index (Phi) is 5.19. The van der Waals surface area contributed by atoms with E-state index in [0.29, 0.717) is 17.0 Å². The maximum atomic E-state index is 13.5. The van der Waals surface area contributed by atoms with Crippen LogP contribution in [0.25, 0.3) is 21.8 Å². The summed E-state index contributed by atoms with van der Waals surface area (Å²) in [5, 5.41) is 12.7. The Bertz CT molecular complexity index is 1330. The minimum atomic E-state index is -1.23. The number of para-hydroxylation sites is 1. The van der Waals surface area contributed by atoms with E-state index in [0.717, 1.165) is 31.9 Å². The molecule has 0 aliphatic carbocycles. The summed E-state index contributed by atoms with van der Waals surface area (Å²) in [6, 6.07) is 16.3. The number of pyridine rings is 1. The van der Waals surface area contributed by atoms with Crippen molar-refractivity contribution in [3.8, 4) is 0 Å². The molecular weight excluding hydrogens is 433 g/mol. The van der Waals surface area contributed by atoms with Gasteiger partial charge in [-0.15, -0.1) is 23.5 Å². The number of carboxylic acid groups (broad SMARTS) is 1. The van der Waals surface area contributed by atoms with Crippen molar-refractivity contribution in [3.63, 3.8) is 0 Å². The van der Waals surface area contributed by atoms with Crippen LogP contribution in [0.5, 0.6) is 0 Å². The molecule has 31 heavy (non-hydrogen) atoms. The number of carboxylic acids is 1. The van der Waals surface area contributed by atoms with Crippen molar-refractivity contribution < 1.29 is 14.3 Å². The molecule has 1 aliphatic heterocycles. The summed E-state index contributed by atoms with van der Waals surface area (Å²) in [4.78, 5) is 25.5. The van der Waals surface area contributed by atoms with Gasteiger partial charge >= 0.3 is 5.97 Å². The summed E-state index contributed by atoms with van der Waals surface area (Å²) in [6.07, 6.45) is 2.01. The van der Waals surface area contributed by atoms with Gasteiger partial charge in [-0.2, -0.15) is 0 Å². The van der Waals surface area contributed by atoms with E-state index in [-0.39, 0.29) is 12.2 Å². The van der Waals surface area contributed by atoms with Crippen molar-refractivity contribution >= 4 is 56.3 Å². The molecular formula is C23H18FN3O2S2. The molecule has 8 heteroatoms. The predicted octanol–water partition coefficient (Wildman–Crippen LogP) is 5.16. The van der Waals surface area contributed by atoms with Gasteiger partial charge in [-0.05, 0) is 41.8 Å². The summed E-state index contributed by atoms with van der Waals surface area (Å²) >= 11 is 3.10. The Morgan fingerprint density at radius 3 is 2.94 bits per heavy atom. The third-order valence-electron chi connectivity index (χ3n) is 5.28. The molecule has 156 valence electrons. The van der Waals surface area contributed by atoms with Crippen LogP contribution in [0.2, 0.25) is 0 Å². The number of carbonyl (C=O) groups is 1. The summed E-state index contributed by atoms with van der Waals surface area (Å²) < 4.78 is 13.5. The van der Waals surface area contributed by atoms with Gasteiger partial charge in [0.05, 0.1) is 10.6 Å². The van der Waals surface area contributed by atoms with Gasteiger partial charge in [0.15, 0.2) is 5.54 Å². The van der Waals surface area contributed by atoms with Crippen LogP contribution in [0.15, 0.2) is 70.7 Å². The molecule has 5 rings (SSSR count). The molecule has 5 nitrogen and oxygen atoms in total. The van der Waals surface area contributed by atoms with Gasteiger partial charge in [-0.1, -0.05) is 18.2 Å². The molecule has 0 amide bonds. The number of fused-ring (bicyclic) bond motifs is 2. The van der Waals surface area contributed by atoms with Crippen molar-refractivity contribution in [2.75, 3.05) is 11.5 Å². The Hall–Kier alpha value is -2.84. The molecule has 0 saturated heterocycles. The van der Waals surface area contributed by atoms with Crippen molar-refractivity contribution in [1.82, 2.24) is 9.97 Å². The molecule has 2 N–H and O–H groups in total. The minimum absolute atomic E-state index is 0.232. The number of nitrogens with one attached hydrogen (secondary N) is 1. The normalized spacial score (nSPS) is 18.5. The monoisotopic (exact) mass is 451 g/mol. The predicted molar refractivity (Wildman–Crippen MR) is 125 cm³/mol. The lowest BCUT2D eigenvalue weighted by molar-refractivity contribution is -0.142. The summed E-state index contributed by atoms with van der Waals surface area (Å²) in [5.41, 5.74) is 1.11. The molecule has 0 spiro atoms. The summed E-state index contributed by atoms with van der Waals surface area (Å²) in [7, 11) is 0. The van der Waals surface area contributed by atoms with Crippen LogP contribution in [0, 0.1) is 5.82 Å². The highest BCUT2D eigenvalue weighted by Gasteiger charge is 2.43. The Labute approximate surface area is 186 Å². The largest absolute Gasteiger partial charge is 0.479 e. The van der Waals surface area contributed by atoms with E-state index in [1.807, 2.05) is 36.4 Å². The molecule has 4 aromatic rings. The first-order chi connectivity index (χ1) is 15.0. The number of aromatic amines is 1. The van der Waals surface area contributed by atoms with Crippen molar-refractivity contribution in [2.45, 2.75) is 16.9 Å². The fraction of sp³-hybridized carbons (Fsp3) is 0.174. The number of nitrogens with zero attached hydrogens (tertiary/aromatic N) is 2. The van der Waals surface area contributed by atoms with E-state index in [9.17, 15) is 14.3 Å². The van der Waals surface area contributed by atoms with Gasteiger partial charge in [0.2, 0.25) is 0 Å². The highest BCUT2D eigenvalue weighted by atomic mass is 32.2. The first-order valence-electron chi connectivity index (χ1n) is 9.71. The molecule has 0 bridgehead atoms. The Morgan fingerprint density at radius 2 is 2.06 bits per heavy atom. The molecule has 2 aromatic heterocycles.